The van der Waals surface area contributed by atoms with Crippen LogP contribution in [0.15, 0.2) is 29.4 Å². The monoisotopic (exact) mass is 279 g/mol. The van der Waals surface area contributed by atoms with Gasteiger partial charge in [0.15, 0.2) is 5.16 Å². The number of fused-ring (bicyclic) bond motifs is 1. The third-order valence-electron chi connectivity index (χ3n) is 2.89. The van der Waals surface area contributed by atoms with Crippen molar-refractivity contribution in [3.63, 3.8) is 0 Å². The van der Waals surface area contributed by atoms with Crippen molar-refractivity contribution < 1.29 is 9.63 Å². The lowest BCUT2D eigenvalue weighted by atomic mass is 10.3. The number of carbonyl (C=O) groups is 1. The molecule has 19 heavy (non-hydrogen) atoms. The molecule has 0 radical (unpaired) electrons. The van der Waals surface area contributed by atoms with Crippen molar-refractivity contribution in [2.75, 3.05) is 19.9 Å². The van der Waals surface area contributed by atoms with Gasteiger partial charge in [-0.05, 0) is 19.1 Å². The fraction of sp³-hybridized carbons (Fsp3) is 0.385. The molecule has 1 amide bonds. The predicted octanol–water partition coefficient (Wildman–Crippen LogP) is 2.17. The Morgan fingerprint density at radius 2 is 2.21 bits per heavy atom. The van der Waals surface area contributed by atoms with Crippen molar-refractivity contribution in [1.82, 2.24) is 14.6 Å². The van der Waals surface area contributed by atoms with Crippen LogP contribution in [-0.2, 0) is 16.2 Å². The van der Waals surface area contributed by atoms with Gasteiger partial charge in [-0.3, -0.25) is 9.63 Å². The molecule has 0 saturated heterocycles. The molecule has 1 aromatic carbocycles. The van der Waals surface area contributed by atoms with Crippen LogP contribution in [0, 0.1) is 0 Å². The van der Waals surface area contributed by atoms with Crippen LogP contribution in [0.3, 0.4) is 0 Å². The topological polar surface area (TPSA) is 47.4 Å². The van der Waals surface area contributed by atoms with E-state index in [0.717, 1.165) is 22.7 Å². The number of carbonyl (C=O) groups excluding carboxylic acids is 1. The molecule has 0 aliphatic carbocycles. The maximum Gasteiger partial charge on any atom is 0.256 e. The summed E-state index contributed by atoms with van der Waals surface area (Å²) in [5.74, 6) is 0.232. The van der Waals surface area contributed by atoms with Crippen LogP contribution < -0.4 is 0 Å². The lowest BCUT2D eigenvalue weighted by molar-refractivity contribution is -0.165. The van der Waals surface area contributed by atoms with E-state index >= 15 is 0 Å². The molecular weight excluding hydrogens is 262 g/mol. The summed E-state index contributed by atoms with van der Waals surface area (Å²) in [5, 5.41) is 2.09. The van der Waals surface area contributed by atoms with E-state index < -0.39 is 0 Å². The van der Waals surface area contributed by atoms with E-state index in [9.17, 15) is 4.79 Å². The molecule has 0 fully saturated rings. The van der Waals surface area contributed by atoms with Gasteiger partial charge in [0.2, 0.25) is 0 Å². The SMILES string of the molecule is CCn1c(SCC(=O)N(C)OC)nc2ccccc21. The Labute approximate surface area is 116 Å². The van der Waals surface area contributed by atoms with Crippen LogP contribution in [0.2, 0.25) is 0 Å². The Balaban J connectivity index is 2.18. The van der Waals surface area contributed by atoms with E-state index in [4.69, 9.17) is 4.84 Å². The van der Waals surface area contributed by atoms with Gasteiger partial charge in [0.25, 0.3) is 5.91 Å². The van der Waals surface area contributed by atoms with Gasteiger partial charge in [0, 0.05) is 13.6 Å². The number of hydrogen-bond donors (Lipinski definition) is 0. The van der Waals surface area contributed by atoms with Crippen LogP contribution >= 0.6 is 11.8 Å². The van der Waals surface area contributed by atoms with Gasteiger partial charge in [-0.1, -0.05) is 23.9 Å². The normalized spacial score (nSPS) is 10.9. The molecule has 0 aliphatic heterocycles. The lowest BCUT2D eigenvalue weighted by Gasteiger charge is -2.13. The quantitative estimate of drug-likeness (QED) is 0.621. The Bertz CT molecular complexity index is 582. The second-order valence-corrected chi connectivity index (χ2v) is 4.93. The standard InChI is InChI=1S/C13H17N3O2S/c1-4-16-11-8-6-5-7-10(11)14-13(16)19-9-12(17)15(2)18-3/h5-8H,4,9H2,1-3H3. The highest BCUT2D eigenvalue weighted by Gasteiger charge is 2.13. The van der Waals surface area contributed by atoms with Crippen LogP contribution in [0.1, 0.15) is 6.92 Å². The molecule has 0 aliphatic rings. The Morgan fingerprint density at radius 3 is 2.89 bits per heavy atom. The second-order valence-electron chi connectivity index (χ2n) is 3.99. The van der Waals surface area contributed by atoms with E-state index in [0.29, 0.717) is 5.75 Å². The van der Waals surface area contributed by atoms with Gasteiger partial charge in [-0.25, -0.2) is 10.0 Å². The minimum Gasteiger partial charge on any atom is -0.319 e. The number of aryl methyl sites for hydroxylation is 1. The van der Waals surface area contributed by atoms with Crippen molar-refractivity contribution in [2.45, 2.75) is 18.6 Å². The largest absolute Gasteiger partial charge is 0.319 e. The van der Waals surface area contributed by atoms with Crippen molar-refractivity contribution in [3.8, 4) is 0 Å². The van der Waals surface area contributed by atoms with Crippen LogP contribution in [0.25, 0.3) is 11.0 Å². The molecule has 1 heterocycles. The fourth-order valence-electron chi connectivity index (χ4n) is 1.79. The zero-order valence-corrected chi connectivity index (χ0v) is 12.1. The van der Waals surface area contributed by atoms with Gasteiger partial charge in [-0.2, -0.15) is 0 Å². The number of aromatic nitrogens is 2. The molecule has 0 bridgehead atoms. The van der Waals surface area contributed by atoms with E-state index in [1.807, 2.05) is 24.3 Å². The number of amides is 1. The number of imidazole rings is 1. The molecule has 0 spiro atoms. The predicted molar refractivity (Wildman–Crippen MR) is 75.9 cm³/mol. The number of nitrogens with zero attached hydrogens (tertiary/aromatic N) is 3. The zero-order chi connectivity index (χ0) is 13.8. The first-order valence-electron chi connectivity index (χ1n) is 6.06. The summed E-state index contributed by atoms with van der Waals surface area (Å²) in [6, 6.07) is 7.98. The van der Waals surface area contributed by atoms with Crippen molar-refractivity contribution in [1.29, 1.82) is 0 Å². The van der Waals surface area contributed by atoms with Crippen molar-refractivity contribution in [3.05, 3.63) is 24.3 Å². The van der Waals surface area contributed by atoms with E-state index in [-0.39, 0.29) is 5.91 Å². The number of thioether (sulfide) groups is 1. The maximum atomic E-state index is 11.7. The Kier molecular flexibility index (Phi) is 4.44. The van der Waals surface area contributed by atoms with Gasteiger partial charge in [0.1, 0.15) is 0 Å². The summed E-state index contributed by atoms with van der Waals surface area (Å²) >= 11 is 1.43. The van der Waals surface area contributed by atoms with E-state index in [1.165, 1.54) is 23.9 Å². The number of rotatable bonds is 5. The number of para-hydroxylation sites is 2. The van der Waals surface area contributed by atoms with Crippen LogP contribution in [0.5, 0.6) is 0 Å². The summed E-state index contributed by atoms with van der Waals surface area (Å²) in [5.41, 5.74) is 2.06. The van der Waals surface area contributed by atoms with Gasteiger partial charge in [0.05, 0.1) is 23.9 Å². The highest BCUT2D eigenvalue weighted by molar-refractivity contribution is 7.99. The average molecular weight is 279 g/mol. The Morgan fingerprint density at radius 1 is 1.47 bits per heavy atom. The van der Waals surface area contributed by atoms with E-state index in [1.54, 1.807) is 7.05 Å². The first-order valence-corrected chi connectivity index (χ1v) is 7.04. The lowest BCUT2D eigenvalue weighted by Crippen LogP contribution is -2.27. The summed E-state index contributed by atoms with van der Waals surface area (Å²) in [4.78, 5) is 21.1. The molecule has 5 nitrogen and oxygen atoms in total. The molecule has 2 aromatic rings. The fourth-order valence-corrected chi connectivity index (χ4v) is 2.77. The first-order chi connectivity index (χ1) is 9.17. The molecule has 0 atom stereocenters. The highest BCUT2D eigenvalue weighted by atomic mass is 32.2. The van der Waals surface area contributed by atoms with Crippen molar-refractivity contribution in [2.24, 2.45) is 0 Å². The Hall–Kier alpha value is -1.53. The minimum atomic E-state index is -0.0813. The van der Waals surface area contributed by atoms with Gasteiger partial charge in [-0.15, -0.1) is 0 Å². The number of hydrogen-bond acceptors (Lipinski definition) is 4. The number of benzene rings is 1. The van der Waals surface area contributed by atoms with Crippen LogP contribution in [-0.4, -0.2) is 40.4 Å². The summed E-state index contributed by atoms with van der Waals surface area (Å²) in [7, 11) is 3.08. The minimum absolute atomic E-state index is 0.0813. The summed E-state index contributed by atoms with van der Waals surface area (Å²) < 4.78 is 2.11. The van der Waals surface area contributed by atoms with Gasteiger partial charge < -0.3 is 4.57 Å². The summed E-state index contributed by atoms with van der Waals surface area (Å²) in [6.45, 7) is 2.90. The molecule has 102 valence electrons. The average Bonchev–Trinajstić information content (AvgIpc) is 2.81. The molecule has 6 heteroatoms. The maximum absolute atomic E-state index is 11.7. The first kappa shape index (κ1) is 13.9. The molecule has 0 saturated carbocycles. The molecule has 2 rings (SSSR count). The molecule has 0 unspecified atom stereocenters. The summed E-state index contributed by atoms with van der Waals surface area (Å²) in [6.07, 6.45) is 0. The van der Waals surface area contributed by atoms with E-state index in [2.05, 4.69) is 16.5 Å². The molecule has 0 N–H and O–H groups in total. The highest BCUT2D eigenvalue weighted by Crippen LogP contribution is 2.24. The number of hydroxylamine groups is 2. The van der Waals surface area contributed by atoms with Crippen molar-refractivity contribution >= 4 is 28.7 Å². The zero-order valence-electron chi connectivity index (χ0n) is 11.3. The molecule has 1 aromatic heterocycles. The third kappa shape index (κ3) is 2.90. The third-order valence-corrected chi connectivity index (χ3v) is 3.85. The smallest absolute Gasteiger partial charge is 0.256 e. The second kappa shape index (κ2) is 6.08. The van der Waals surface area contributed by atoms with Crippen LogP contribution in [0.4, 0.5) is 0 Å². The molecular formula is C13H17N3O2S. The van der Waals surface area contributed by atoms with Gasteiger partial charge >= 0.3 is 0 Å².